The Morgan fingerprint density at radius 1 is 0.593 bits per heavy atom. The van der Waals surface area contributed by atoms with E-state index in [9.17, 15) is 0 Å². The van der Waals surface area contributed by atoms with E-state index in [1.165, 1.54) is 16.3 Å². The zero-order chi connectivity index (χ0) is 18.0. The van der Waals surface area contributed by atoms with Crippen LogP contribution in [0.25, 0.3) is 49.4 Å². The fourth-order valence-corrected chi connectivity index (χ4v) is 4.41. The molecule has 3 heteroatoms. The molecule has 128 valence electrons. The normalized spacial score (nSPS) is 11.9. The minimum Gasteiger partial charge on any atom is -0.456 e. The summed E-state index contributed by atoms with van der Waals surface area (Å²) < 4.78 is 9.53. The highest BCUT2D eigenvalue weighted by molar-refractivity contribution is 9.10. The van der Waals surface area contributed by atoms with Gasteiger partial charge in [-0.2, -0.15) is 0 Å². The van der Waals surface area contributed by atoms with Crippen molar-refractivity contribution in [3.05, 3.63) is 89.4 Å². The summed E-state index contributed by atoms with van der Waals surface area (Å²) in [6.07, 6.45) is 0. The van der Waals surface area contributed by atoms with Crippen molar-refractivity contribution in [2.75, 3.05) is 0 Å². The summed E-state index contributed by atoms with van der Waals surface area (Å²) >= 11 is 3.63. The Hall–Kier alpha value is -3.04. The zero-order valence-electron chi connectivity index (χ0n) is 14.3. The lowest BCUT2D eigenvalue weighted by Crippen LogP contribution is -1.92. The van der Waals surface area contributed by atoms with Crippen LogP contribution in [0, 0.1) is 0 Å². The van der Waals surface area contributed by atoms with E-state index < -0.39 is 0 Å². The largest absolute Gasteiger partial charge is 0.456 e. The van der Waals surface area contributed by atoms with Gasteiger partial charge in [0.25, 0.3) is 0 Å². The monoisotopic (exact) mass is 411 g/mol. The standard InChI is InChI=1S/C24H14BrNO/c25-15-10-11-17-19-13-20-18-8-4-5-9-23(18)27-24(20)14-22(19)26(21(17)12-15)16-6-2-1-3-7-16/h1-14H. The van der Waals surface area contributed by atoms with Gasteiger partial charge in [-0.3, -0.25) is 0 Å². The number of aromatic nitrogens is 1. The Balaban J connectivity index is 1.85. The van der Waals surface area contributed by atoms with Crippen molar-refractivity contribution in [2.24, 2.45) is 0 Å². The predicted molar refractivity (Wildman–Crippen MR) is 116 cm³/mol. The molecule has 0 aliphatic carbocycles. The van der Waals surface area contributed by atoms with E-state index >= 15 is 0 Å². The molecule has 0 aliphatic rings. The molecule has 0 aliphatic heterocycles. The van der Waals surface area contributed by atoms with Gasteiger partial charge in [0.15, 0.2) is 0 Å². The number of hydrogen-bond acceptors (Lipinski definition) is 1. The van der Waals surface area contributed by atoms with Gasteiger partial charge in [-0.25, -0.2) is 0 Å². The minimum atomic E-state index is 0.919. The summed E-state index contributed by atoms with van der Waals surface area (Å²) in [4.78, 5) is 0. The molecule has 0 unspecified atom stereocenters. The van der Waals surface area contributed by atoms with E-state index in [0.29, 0.717) is 0 Å². The fraction of sp³-hybridized carbons (Fsp3) is 0. The van der Waals surface area contributed by atoms with Crippen molar-refractivity contribution in [3.63, 3.8) is 0 Å². The summed E-state index contributed by atoms with van der Waals surface area (Å²) in [6, 6.07) is 29.6. The third-order valence-electron chi connectivity index (χ3n) is 5.24. The molecular weight excluding hydrogens is 398 g/mol. The van der Waals surface area contributed by atoms with Gasteiger partial charge < -0.3 is 8.98 Å². The van der Waals surface area contributed by atoms with E-state index in [-0.39, 0.29) is 0 Å². The lowest BCUT2D eigenvalue weighted by Gasteiger charge is -2.07. The van der Waals surface area contributed by atoms with Gasteiger partial charge in [0.2, 0.25) is 0 Å². The molecule has 2 nitrogen and oxygen atoms in total. The molecular formula is C24H14BrNO. The second-order valence-corrected chi connectivity index (χ2v) is 7.71. The molecule has 2 heterocycles. The van der Waals surface area contributed by atoms with Gasteiger partial charge in [0.1, 0.15) is 11.2 Å². The number of hydrogen-bond donors (Lipinski definition) is 0. The average Bonchev–Trinajstić information content (AvgIpc) is 3.21. The van der Waals surface area contributed by atoms with E-state index in [0.717, 1.165) is 37.6 Å². The zero-order valence-corrected chi connectivity index (χ0v) is 15.9. The van der Waals surface area contributed by atoms with E-state index in [4.69, 9.17) is 4.42 Å². The van der Waals surface area contributed by atoms with Crippen LogP contribution in [0.15, 0.2) is 93.8 Å². The van der Waals surface area contributed by atoms with Crippen LogP contribution in [-0.4, -0.2) is 4.57 Å². The van der Waals surface area contributed by atoms with Crippen molar-refractivity contribution in [1.82, 2.24) is 4.57 Å². The van der Waals surface area contributed by atoms with Crippen LogP contribution in [0.4, 0.5) is 0 Å². The van der Waals surface area contributed by atoms with Gasteiger partial charge in [-0.15, -0.1) is 0 Å². The highest BCUT2D eigenvalue weighted by Gasteiger charge is 2.16. The predicted octanol–water partition coefficient (Wildman–Crippen LogP) is 7.45. The van der Waals surface area contributed by atoms with E-state index in [2.05, 4.69) is 87.2 Å². The van der Waals surface area contributed by atoms with Crippen molar-refractivity contribution in [3.8, 4) is 5.69 Å². The Morgan fingerprint density at radius 3 is 2.26 bits per heavy atom. The van der Waals surface area contributed by atoms with E-state index in [1.54, 1.807) is 0 Å². The summed E-state index contributed by atoms with van der Waals surface area (Å²) in [5.41, 5.74) is 5.33. The molecule has 0 bridgehead atoms. The van der Waals surface area contributed by atoms with Gasteiger partial charge in [0.05, 0.1) is 11.0 Å². The number of furan rings is 1. The Morgan fingerprint density at radius 2 is 1.37 bits per heavy atom. The fourth-order valence-electron chi connectivity index (χ4n) is 4.06. The van der Waals surface area contributed by atoms with Crippen LogP contribution in [0.1, 0.15) is 0 Å². The SMILES string of the molecule is Brc1ccc2c3cc4c(cc3n(-c3ccccc3)c2c1)oc1ccccc14. The number of nitrogens with zero attached hydrogens (tertiary/aromatic N) is 1. The molecule has 0 spiro atoms. The smallest absolute Gasteiger partial charge is 0.137 e. The second kappa shape index (κ2) is 5.48. The first-order valence-electron chi connectivity index (χ1n) is 8.90. The van der Waals surface area contributed by atoms with Crippen molar-refractivity contribution >= 4 is 59.7 Å². The number of benzene rings is 4. The van der Waals surface area contributed by atoms with Crippen LogP contribution in [0.3, 0.4) is 0 Å². The molecule has 4 aromatic carbocycles. The molecule has 0 radical (unpaired) electrons. The second-order valence-electron chi connectivity index (χ2n) is 6.80. The maximum absolute atomic E-state index is 6.15. The van der Waals surface area contributed by atoms with Gasteiger partial charge in [-0.1, -0.05) is 58.4 Å². The van der Waals surface area contributed by atoms with E-state index in [1.807, 2.05) is 18.2 Å². The highest BCUT2D eigenvalue weighted by atomic mass is 79.9. The first-order valence-corrected chi connectivity index (χ1v) is 9.69. The lowest BCUT2D eigenvalue weighted by atomic mass is 10.1. The topological polar surface area (TPSA) is 18.1 Å². The Bertz CT molecular complexity index is 1470. The van der Waals surface area contributed by atoms with Crippen LogP contribution in [0.5, 0.6) is 0 Å². The summed E-state index contributed by atoms with van der Waals surface area (Å²) in [6.45, 7) is 0. The molecule has 0 atom stereocenters. The summed E-state index contributed by atoms with van der Waals surface area (Å²) in [5, 5.41) is 4.80. The average molecular weight is 412 g/mol. The molecule has 0 saturated carbocycles. The van der Waals surface area contributed by atoms with Crippen molar-refractivity contribution in [2.45, 2.75) is 0 Å². The molecule has 0 fully saturated rings. The molecule has 6 rings (SSSR count). The van der Waals surface area contributed by atoms with Crippen LogP contribution in [-0.2, 0) is 0 Å². The Kier molecular flexibility index (Phi) is 3.06. The first kappa shape index (κ1) is 15.1. The van der Waals surface area contributed by atoms with Gasteiger partial charge in [0, 0.05) is 37.8 Å². The number of para-hydroxylation sites is 2. The quantitative estimate of drug-likeness (QED) is 0.274. The number of fused-ring (bicyclic) bond motifs is 6. The van der Waals surface area contributed by atoms with Crippen molar-refractivity contribution in [1.29, 1.82) is 0 Å². The van der Waals surface area contributed by atoms with Crippen LogP contribution >= 0.6 is 15.9 Å². The number of halogens is 1. The molecule has 0 N–H and O–H groups in total. The summed E-state index contributed by atoms with van der Waals surface area (Å²) in [7, 11) is 0. The Labute approximate surface area is 163 Å². The summed E-state index contributed by atoms with van der Waals surface area (Å²) in [5.74, 6) is 0. The highest BCUT2D eigenvalue weighted by Crippen LogP contribution is 2.38. The van der Waals surface area contributed by atoms with Gasteiger partial charge >= 0.3 is 0 Å². The van der Waals surface area contributed by atoms with Crippen LogP contribution < -0.4 is 0 Å². The third kappa shape index (κ3) is 2.12. The molecule has 0 saturated heterocycles. The molecule has 27 heavy (non-hydrogen) atoms. The first-order chi connectivity index (χ1) is 13.3. The lowest BCUT2D eigenvalue weighted by molar-refractivity contribution is 0.669. The molecule has 0 amide bonds. The minimum absolute atomic E-state index is 0.919. The molecule has 6 aromatic rings. The van der Waals surface area contributed by atoms with Crippen LogP contribution in [0.2, 0.25) is 0 Å². The van der Waals surface area contributed by atoms with Gasteiger partial charge in [-0.05, 0) is 36.4 Å². The maximum atomic E-state index is 6.15. The number of rotatable bonds is 1. The third-order valence-corrected chi connectivity index (χ3v) is 5.73. The van der Waals surface area contributed by atoms with Crippen molar-refractivity contribution < 1.29 is 4.42 Å². The molecule has 2 aromatic heterocycles. The maximum Gasteiger partial charge on any atom is 0.137 e.